The Kier molecular flexibility index (Phi) is 1.86. The molecule has 0 unspecified atom stereocenters. The van der Waals surface area contributed by atoms with E-state index in [0.717, 1.165) is 15.9 Å². The molecule has 0 atom stereocenters. The van der Waals surface area contributed by atoms with Gasteiger partial charge < -0.3 is 11.1 Å². The van der Waals surface area contributed by atoms with Crippen LogP contribution in [-0.2, 0) is 4.79 Å². The number of rotatable bonds is 2. The van der Waals surface area contributed by atoms with Crippen molar-refractivity contribution >= 4 is 38.8 Å². The lowest BCUT2D eigenvalue weighted by molar-refractivity contribution is -0.105. The van der Waals surface area contributed by atoms with E-state index in [1.807, 2.05) is 12.1 Å². The Labute approximate surface area is 78.4 Å². The first-order valence-corrected chi connectivity index (χ1v) is 4.47. The second-order valence-electron chi connectivity index (χ2n) is 2.50. The third kappa shape index (κ3) is 1.46. The zero-order valence-electron chi connectivity index (χ0n) is 6.65. The van der Waals surface area contributed by atoms with E-state index in [0.29, 0.717) is 11.5 Å². The van der Waals surface area contributed by atoms with Gasteiger partial charge in [-0.15, -0.1) is 0 Å². The van der Waals surface area contributed by atoms with Crippen molar-refractivity contribution in [3.05, 3.63) is 18.2 Å². The van der Waals surface area contributed by atoms with Crippen molar-refractivity contribution in [2.24, 2.45) is 0 Å². The molecule has 1 amide bonds. The third-order valence-electron chi connectivity index (χ3n) is 1.63. The molecule has 2 aromatic rings. The van der Waals surface area contributed by atoms with Gasteiger partial charge in [0.15, 0.2) is 5.13 Å². The van der Waals surface area contributed by atoms with Gasteiger partial charge in [0.1, 0.15) is 0 Å². The van der Waals surface area contributed by atoms with E-state index in [1.165, 1.54) is 11.3 Å². The fourth-order valence-electron chi connectivity index (χ4n) is 1.10. The number of carbonyl (C=O) groups excluding carboxylic acids is 1. The molecule has 3 N–H and O–H groups in total. The molecule has 0 aliphatic carbocycles. The summed E-state index contributed by atoms with van der Waals surface area (Å²) in [6.45, 7) is 0. The summed E-state index contributed by atoms with van der Waals surface area (Å²) in [4.78, 5) is 14.3. The first-order chi connectivity index (χ1) is 6.29. The van der Waals surface area contributed by atoms with Gasteiger partial charge in [0.25, 0.3) is 0 Å². The Morgan fingerprint density at radius 2 is 2.38 bits per heavy atom. The van der Waals surface area contributed by atoms with E-state index in [1.54, 1.807) is 6.07 Å². The number of aromatic nitrogens is 1. The van der Waals surface area contributed by atoms with Crippen molar-refractivity contribution in [3.63, 3.8) is 0 Å². The van der Waals surface area contributed by atoms with Crippen molar-refractivity contribution in [3.8, 4) is 0 Å². The van der Waals surface area contributed by atoms with Crippen LogP contribution < -0.4 is 11.1 Å². The second-order valence-corrected chi connectivity index (χ2v) is 3.56. The summed E-state index contributed by atoms with van der Waals surface area (Å²) in [5.41, 5.74) is 7.08. The topological polar surface area (TPSA) is 68.0 Å². The molecule has 0 spiro atoms. The number of hydrogen-bond donors (Lipinski definition) is 2. The number of nitrogens with zero attached hydrogens (tertiary/aromatic N) is 1. The highest BCUT2D eigenvalue weighted by Gasteiger charge is 2.00. The molecular formula is C8H7N3OS. The van der Waals surface area contributed by atoms with Gasteiger partial charge in [-0.3, -0.25) is 4.79 Å². The molecule has 0 saturated heterocycles. The summed E-state index contributed by atoms with van der Waals surface area (Å²) in [6, 6.07) is 5.49. The Morgan fingerprint density at radius 3 is 3.15 bits per heavy atom. The Balaban J connectivity index is 2.54. The fraction of sp³-hybridized carbons (Fsp3) is 0. The maximum Gasteiger partial charge on any atom is 0.211 e. The predicted molar refractivity (Wildman–Crippen MR) is 53.7 cm³/mol. The van der Waals surface area contributed by atoms with E-state index in [9.17, 15) is 4.79 Å². The molecule has 0 bridgehead atoms. The van der Waals surface area contributed by atoms with Crippen LogP contribution in [0, 0.1) is 0 Å². The number of nitrogen functional groups attached to an aromatic ring is 1. The van der Waals surface area contributed by atoms with Crippen molar-refractivity contribution < 1.29 is 4.79 Å². The van der Waals surface area contributed by atoms with Crippen molar-refractivity contribution in [1.82, 2.24) is 4.98 Å². The summed E-state index contributed by atoms with van der Waals surface area (Å²) in [5, 5.41) is 3.09. The molecule has 2 rings (SSSR count). The van der Waals surface area contributed by atoms with Crippen LogP contribution in [0.15, 0.2) is 18.2 Å². The van der Waals surface area contributed by atoms with Gasteiger partial charge in [-0.25, -0.2) is 4.98 Å². The molecule has 1 aromatic heterocycles. The van der Waals surface area contributed by atoms with Crippen LogP contribution in [0.25, 0.3) is 10.2 Å². The molecule has 0 aliphatic heterocycles. The molecule has 0 saturated carbocycles. The predicted octanol–water partition coefficient (Wildman–Crippen LogP) is 1.45. The van der Waals surface area contributed by atoms with E-state index >= 15 is 0 Å². The average molecular weight is 193 g/mol. The molecule has 0 aliphatic rings. The normalized spacial score (nSPS) is 10.2. The first kappa shape index (κ1) is 8.00. The minimum absolute atomic E-state index is 0.540. The van der Waals surface area contributed by atoms with Gasteiger partial charge in [-0.05, 0) is 18.2 Å². The van der Waals surface area contributed by atoms with Crippen LogP contribution >= 0.6 is 11.3 Å². The molecule has 1 aromatic carbocycles. The van der Waals surface area contributed by atoms with Gasteiger partial charge in [-0.1, -0.05) is 11.3 Å². The number of fused-ring (bicyclic) bond motifs is 1. The molecule has 0 fully saturated rings. The number of nitrogens with two attached hydrogens (primary N) is 1. The SMILES string of the molecule is Nc1nc2cc(NC=O)ccc2s1. The van der Waals surface area contributed by atoms with Crippen LogP contribution in [-0.4, -0.2) is 11.4 Å². The molecule has 5 heteroatoms. The number of amides is 1. The first-order valence-electron chi connectivity index (χ1n) is 3.66. The maximum absolute atomic E-state index is 10.2. The van der Waals surface area contributed by atoms with Crippen molar-refractivity contribution in [2.45, 2.75) is 0 Å². The van der Waals surface area contributed by atoms with Crippen molar-refractivity contribution in [1.29, 1.82) is 0 Å². The van der Waals surface area contributed by atoms with Gasteiger partial charge in [0.2, 0.25) is 6.41 Å². The lowest BCUT2D eigenvalue weighted by atomic mass is 10.3. The average Bonchev–Trinajstić information content (AvgIpc) is 2.44. The number of hydrogen-bond acceptors (Lipinski definition) is 4. The van der Waals surface area contributed by atoms with Crippen LogP contribution in [0.4, 0.5) is 10.8 Å². The molecule has 66 valence electrons. The number of thiazole rings is 1. The standard InChI is InChI=1S/C8H7N3OS/c9-8-11-6-3-5(10-4-12)1-2-7(6)13-8/h1-4H,(H2,9,11)(H,10,12). The summed E-state index contributed by atoms with van der Waals surface area (Å²) >= 11 is 1.43. The van der Waals surface area contributed by atoms with E-state index in [2.05, 4.69) is 10.3 Å². The minimum atomic E-state index is 0.540. The highest BCUT2D eigenvalue weighted by molar-refractivity contribution is 7.22. The lowest BCUT2D eigenvalue weighted by Gasteiger charge is -1.95. The molecule has 0 radical (unpaired) electrons. The Morgan fingerprint density at radius 1 is 1.54 bits per heavy atom. The lowest BCUT2D eigenvalue weighted by Crippen LogP contribution is -1.92. The van der Waals surface area contributed by atoms with Gasteiger partial charge in [-0.2, -0.15) is 0 Å². The highest BCUT2D eigenvalue weighted by Crippen LogP contribution is 2.25. The zero-order chi connectivity index (χ0) is 9.26. The zero-order valence-corrected chi connectivity index (χ0v) is 7.47. The van der Waals surface area contributed by atoms with Crippen LogP contribution in [0.5, 0.6) is 0 Å². The second kappa shape index (κ2) is 3.02. The monoisotopic (exact) mass is 193 g/mol. The summed E-state index contributed by atoms with van der Waals surface area (Å²) in [7, 11) is 0. The van der Waals surface area contributed by atoms with Crippen LogP contribution in [0.3, 0.4) is 0 Å². The maximum atomic E-state index is 10.2. The molecule has 1 heterocycles. The summed E-state index contributed by atoms with van der Waals surface area (Å²) < 4.78 is 1.02. The molecule has 13 heavy (non-hydrogen) atoms. The summed E-state index contributed by atoms with van der Waals surface area (Å²) in [5.74, 6) is 0. The number of nitrogens with one attached hydrogen (secondary N) is 1. The quantitative estimate of drug-likeness (QED) is 0.709. The van der Waals surface area contributed by atoms with Gasteiger partial charge in [0.05, 0.1) is 10.2 Å². The van der Waals surface area contributed by atoms with Gasteiger partial charge >= 0.3 is 0 Å². The Bertz CT molecular complexity index is 452. The number of benzene rings is 1. The van der Waals surface area contributed by atoms with Crippen LogP contribution in [0.1, 0.15) is 0 Å². The fourth-order valence-corrected chi connectivity index (χ4v) is 1.82. The van der Waals surface area contributed by atoms with Crippen molar-refractivity contribution in [2.75, 3.05) is 11.1 Å². The van der Waals surface area contributed by atoms with E-state index < -0.39 is 0 Å². The highest BCUT2D eigenvalue weighted by atomic mass is 32.1. The number of carbonyl (C=O) groups is 1. The summed E-state index contributed by atoms with van der Waals surface area (Å²) in [6.07, 6.45) is 0.636. The molecule has 4 nitrogen and oxygen atoms in total. The third-order valence-corrected chi connectivity index (χ3v) is 2.50. The largest absolute Gasteiger partial charge is 0.375 e. The number of anilines is 2. The minimum Gasteiger partial charge on any atom is -0.375 e. The van der Waals surface area contributed by atoms with E-state index in [4.69, 9.17) is 5.73 Å². The van der Waals surface area contributed by atoms with Gasteiger partial charge in [0, 0.05) is 5.69 Å². The molecular weight excluding hydrogens is 186 g/mol. The van der Waals surface area contributed by atoms with Crippen LogP contribution in [0.2, 0.25) is 0 Å². The smallest absolute Gasteiger partial charge is 0.211 e. The Hall–Kier alpha value is -1.62. The van der Waals surface area contributed by atoms with E-state index in [-0.39, 0.29) is 0 Å².